The van der Waals surface area contributed by atoms with Gasteiger partial charge in [-0.3, -0.25) is 0 Å². The molecule has 53 heavy (non-hydrogen) atoms. The van der Waals surface area contributed by atoms with Crippen molar-refractivity contribution in [3.05, 3.63) is 149 Å². The van der Waals surface area contributed by atoms with Gasteiger partial charge in [0.2, 0.25) is 0 Å². The Morgan fingerprint density at radius 1 is 0.528 bits per heavy atom. The molecule has 0 saturated heterocycles. The van der Waals surface area contributed by atoms with E-state index in [-0.39, 0.29) is 55.9 Å². The van der Waals surface area contributed by atoms with E-state index in [9.17, 15) is 6.85 Å². The number of fused-ring (bicyclic) bond motifs is 5. The summed E-state index contributed by atoms with van der Waals surface area (Å²) in [6, 6.07) is 15.9. The molecular formula is C52H51N. The Morgan fingerprint density at radius 3 is 1.87 bits per heavy atom. The van der Waals surface area contributed by atoms with Gasteiger partial charge in [0.1, 0.15) is 0 Å². The standard InChI is InChI=1S/C52H51N/c1-50(2)23-24-51(3,4)49-32-43(20-22-47(49)50)53(41-17-15-36(16-18-41)38-14-13-35-9-5-6-10-37(35)30-38)42-19-21-45-44-11-7-8-12-46(44)52(48(45)31-42)39-26-33-25-34(28-39)29-40(52)27-33/h5-22,30-34,39-40H,23-29H2,1-4H3/i5D,6D,9D,10D,13D,14D,15D,16D,17D,18D,30D. The monoisotopic (exact) mass is 700 g/mol. The van der Waals surface area contributed by atoms with Gasteiger partial charge >= 0.3 is 0 Å². The molecule has 6 aromatic carbocycles. The lowest BCUT2D eigenvalue weighted by Gasteiger charge is -2.61. The smallest absolute Gasteiger partial charge is 0.0645 e. The first kappa shape index (κ1) is 22.6. The van der Waals surface area contributed by atoms with Gasteiger partial charge in [0.15, 0.2) is 0 Å². The fraction of sp³-hybridized carbons (Fsp3) is 0.346. The van der Waals surface area contributed by atoms with Crippen molar-refractivity contribution in [1.29, 1.82) is 0 Å². The summed E-state index contributed by atoms with van der Waals surface area (Å²) >= 11 is 0. The van der Waals surface area contributed by atoms with Crippen LogP contribution in [0.4, 0.5) is 17.1 Å². The minimum atomic E-state index is -0.607. The molecule has 0 amide bonds. The van der Waals surface area contributed by atoms with E-state index < -0.39 is 54.4 Å². The third kappa shape index (κ3) is 4.62. The van der Waals surface area contributed by atoms with Gasteiger partial charge < -0.3 is 4.90 Å². The van der Waals surface area contributed by atoms with Gasteiger partial charge in [-0.25, -0.2) is 0 Å². The number of benzene rings is 6. The zero-order chi connectivity index (χ0) is 45.3. The van der Waals surface area contributed by atoms with E-state index in [1.807, 2.05) is 17.0 Å². The summed E-state index contributed by atoms with van der Waals surface area (Å²) in [4.78, 5) is 1.88. The van der Waals surface area contributed by atoms with Gasteiger partial charge in [0.25, 0.3) is 0 Å². The average molecular weight is 701 g/mol. The van der Waals surface area contributed by atoms with Crippen LogP contribution in [0.25, 0.3) is 33.0 Å². The van der Waals surface area contributed by atoms with Crippen LogP contribution in [-0.4, -0.2) is 0 Å². The van der Waals surface area contributed by atoms with Crippen LogP contribution in [0.15, 0.2) is 127 Å². The van der Waals surface area contributed by atoms with E-state index in [1.54, 1.807) is 0 Å². The first-order chi connectivity index (χ1) is 30.3. The van der Waals surface area contributed by atoms with Gasteiger partial charge in [-0.2, -0.15) is 0 Å². The van der Waals surface area contributed by atoms with Gasteiger partial charge in [-0.15, -0.1) is 0 Å². The Kier molecular flexibility index (Phi) is 4.77. The molecule has 4 bridgehead atoms. The Bertz CT molecular complexity index is 3000. The molecule has 1 heteroatoms. The predicted molar refractivity (Wildman–Crippen MR) is 223 cm³/mol. The van der Waals surface area contributed by atoms with Crippen LogP contribution in [0.3, 0.4) is 0 Å². The van der Waals surface area contributed by atoms with E-state index in [0.29, 0.717) is 17.5 Å². The summed E-state index contributed by atoms with van der Waals surface area (Å²) in [6.45, 7) is 9.04. The average Bonchev–Trinajstić information content (AvgIpc) is 3.55. The molecule has 6 aliphatic rings. The van der Waals surface area contributed by atoms with Crippen LogP contribution in [0, 0.1) is 23.7 Å². The molecule has 6 aromatic rings. The molecule has 4 saturated carbocycles. The van der Waals surface area contributed by atoms with Crippen LogP contribution >= 0.6 is 0 Å². The highest BCUT2D eigenvalue weighted by Crippen LogP contribution is 2.69. The zero-order valence-corrected chi connectivity index (χ0v) is 31.0. The summed E-state index contributed by atoms with van der Waals surface area (Å²) in [5, 5.41) is -0.598. The first-order valence-electron chi connectivity index (χ1n) is 25.1. The van der Waals surface area contributed by atoms with Crippen LogP contribution in [0.2, 0.25) is 0 Å². The molecule has 6 aliphatic carbocycles. The quantitative estimate of drug-likeness (QED) is 0.177. The minimum absolute atomic E-state index is 0.0213. The molecule has 12 rings (SSSR count). The molecular weight excluding hydrogens is 639 g/mol. The van der Waals surface area contributed by atoms with E-state index in [2.05, 4.69) is 76.2 Å². The second-order valence-electron chi connectivity index (χ2n) is 18.0. The molecule has 0 atom stereocenters. The molecule has 264 valence electrons. The van der Waals surface area contributed by atoms with Crippen LogP contribution < -0.4 is 4.90 Å². The topological polar surface area (TPSA) is 3.24 Å². The molecule has 0 radical (unpaired) electrons. The van der Waals surface area contributed by atoms with Crippen LogP contribution in [0.1, 0.15) is 110 Å². The van der Waals surface area contributed by atoms with E-state index in [4.69, 9.17) is 8.22 Å². The lowest BCUT2D eigenvalue weighted by atomic mass is 9.43. The maximum Gasteiger partial charge on any atom is 0.0645 e. The summed E-state index contributed by atoms with van der Waals surface area (Å²) < 4.78 is 99.9. The Balaban J connectivity index is 1.18. The van der Waals surface area contributed by atoms with Crippen molar-refractivity contribution in [1.82, 2.24) is 0 Å². The molecule has 0 aromatic heterocycles. The molecule has 0 aliphatic heterocycles. The largest absolute Gasteiger partial charge is 0.310 e. The van der Waals surface area contributed by atoms with Crippen molar-refractivity contribution in [2.75, 3.05) is 4.90 Å². The first-order valence-corrected chi connectivity index (χ1v) is 19.6. The van der Waals surface area contributed by atoms with Gasteiger partial charge in [0.05, 0.1) is 15.1 Å². The van der Waals surface area contributed by atoms with Crippen molar-refractivity contribution >= 4 is 27.8 Å². The minimum Gasteiger partial charge on any atom is -0.310 e. The van der Waals surface area contributed by atoms with Crippen LogP contribution in [-0.2, 0) is 16.2 Å². The summed E-state index contributed by atoms with van der Waals surface area (Å²) in [5.74, 6) is 2.49. The third-order valence-corrected chi connectivity index (χ3v) is 14.2. The molecule has 4 fully saturated rings. The fourth-order valence-electron chi connectivity index (χ4n) is 11.9. The SMILES string of the molecule is [2H]c1c([2H])c(N(c2ccc3c(c2)C(C)(C)CCC3(C)C)c2ccc3c(c2)C2(c4ccccc4-3)C3CC4CC(C3)CC2C4)c([2H])c([2H])c1-c1c([2H])c([2H])c2c([2H])c([2H])c([2H])c([2H])c2c1[2H]. The summed E-state index contributed by atoms with van der Waals surface area (Å²) in [6.07, 6.45) is 8.13. The lowest BCUT2D eigenvalue weighted by molar-refractivity contribution is -0.0399. The number of nitrogens with zero attached hydrogens (tertiary/aromatic N) is 1. The van der Waals surface area contributed by atoms with Crippen molar-refractivity contribution in [2.24, 2.45) is 23.7 Å². The second-order valence-corrected chi connectivity index (χ2v) is 18.0. The zero-order valence-electron chi connectivity index (χ0n) is 42.0. The highest BCUT2D eigenvalue weighted by atomic mass is 15.1. The molecule has 0 unspecified atom stereocenters. The molecule has 0 heterocycles. The van der Waals surface area contributed by atoms with Gasteiger partial charge in [-0.05, 0) is 177 Å². The molecule has 1 spiro atoms. The van der Waals surface area contributed by atoms with Crippen molar-refractivity contribution in [2.45, 2.75) is 88.9 Å². The van der Waals surface area contributed by atoms with Crippen molar-refractivity contribution < 1.29 is 15.1 Å². The van der Waals surface area contributed by atoms with Crippen molar-refractivity contribution in [3.8, 4) is 22.3 Å². The normalized spacial score (nSPS) is 29.6. The molecule has 1 nitrogen and oxygen atoms in total. The highest BCUT2D eigenvalue weighted by Gasteiger charge is 2.61. The highest BCUT2D eigenvalue weighted by molar-refractivity contribution is 5.89. The number of anilines is 3. The maximum absolute atomic E-state index is 9.83. The maximum atomic E-state index is 9.83. The predicted octanol–water partition coefficient (Wildman–Crippen LogP) is 14.0. The Labute approximate surface area is 331 Å². The van der Waals surface area contributed by atoms with E-state index in [1.165, 1.54) is 65.5 Å². The second kappa shape index (κ2) is 11.2. The number of rotatable bonds is 4. The Morgan fingerprint density at radius 2 is 1.13 bits per heavy atom. The number of hydrogen-bond acceptors (Lipinski definition) is 1. The number of hydrogen-bond donors (Lipinski definition) is 0. The fourth-order valence-corrected chi connectivity index (χ4v) is 11.9. The van der Waals surface area contributed by atoms with Gasteiger partial charge in [-0.1, -0.05) is 112 Å². The van der Waals surface area contributed by atoms with Crippen molar-refractivity contribution in [3.63, 3.8) is 0 Å². The summed E-state index contributed by atoms with van der Waals surface area (Å²) in [5.41, 5.74) is 7.84. The third-order valence-electron chi connectivity index (χ3n) is 14.2. The van der Waals surface area contributed by atoms with Gasteiger partial charge in [0, 0.05) is 22.5 Å². The molecule has 0 N–H and O–H groups in total. The lowest BCUT2D eigenvalue weighted by Crippen LogP contribution is -2.55. The Hall–Kier alpha value is -4.62. The summed E-state index contributed by atoms with van der Waals surface area (Å²) in [7, 11) is 0. The van der Waals surface area contributed by atoms with Crippen LogP contribution in [0.5, 0.6) is 0 Å². The van der Waals surface area contributed by atoms with E-state index in [0.717, 1.165) is 30.4 Å². The van der Waals surface area contributed by atoms with E-state index >= 15 is 0 Å².